The van der Waals surface area contributed by atoms with Crippen LogP contribution in [-0.2, 0) is 20.0 Å². The number of hydrogen-bond donors (Lipinski definition) is 2. The van der Waals surface area contributed by atoms with Gasteiger partial charge in [-0.05, 0) is 51.3 Å². The second-order valence-electron chi connectivity index (χ2n) is 7.12. The average Bonchev–Trinajstić information content (AvgIpc) is 2.90. The number of ether oxygens (including phenoxy) is 1. The molecule has 10 heteroatoms. The van der Waals surface area contributed by atoms with Crippen LogP contribution in [0, 0.1) is 13.8 Å². The second kappa shape index (κ2) is 10.3. The predicted octanol–water partition coefficient (Wildman–Crippen LogP) is 3.06. The number of aryl methyl sites for hydroxylation is 2. The van der Waals surface area contributed by atoms with E-state index in [9.17, 15) is 13.2 Å². The van der Waals surface area contributed by atoms with Crippen LogP contribution in [0.15, 0.2) is 23.3 Å². The van der Waals surface area contributed by atoms with E-state index in [0.29, 0.717) is 18.1 Å². The molecule has 0 saturated heterocycles. The van der Waals surface area contributed by atoms with Crippen LogP contribution in [0.25, 0.3) is 0 Å². The molecule has 0 aliphatic carbocycles. The molecule has 0 aliphatic heterocycles. The van der Waals surface area contributed by atoms with Crippen LogP contribution in [0.1, 0.15) is 36.4 Å². The molecule has 30 heavy (non-hydrogen) atoms. The van der Waals surface area contributed by atoms with Crippen LogP contribution in [0.5, 0.6) is 5.88 Å². The lowest BCUT2D eigenvalue weighted by Gasteiger charge is -2.18. The zero-order valence-corrected chi connectivity index (χ0v) is 18.0. The summed E-state index contributed by atoms with van der Waals surface area (Å²) in [6, 6.07) is 3.26. The van der Waals surface area contributed by atoms with Gasteiger partial charge in [-0.25, -0.2) is 9.98 Å². The fourth-order valence-electron chi connectivity index (χ4n) is 2.98. The Morgan fingerprint density at radius 3 is 2.67 bits per heavy atom. The van der Waals surface area contributed by atoms with Gasteiger partial charge in [-0.2, -0.15) is 18.3 Å². The van der Waals surface area contributed by atoms with Gasteiger partial charge < -0.3 is 15.4 Å². The topological polar surface area (TPSA) is 76.4 Å². The van der Waals surface area contributed by atoms with E-state index in [0.717, 1.165) is 17.8 Å². The molecule has 166 valence electrons. The molecule has 2 N–H and O–H groups in total. The van der Waals surface area contributed by atoms with Crippen LogP contribution >= 0.6 is 0 Å². The number of pyridine rings is 1. The minimum absolute atomic E-state index is 0.0751. The van der Waals surface area contributed by atoms with Crippen LogP contribution in [0.3, 0.4) is 0 Å². The molecule has 0 aliphatic rings. The first kappa shape index (κ1) is 23.5. The summed E-state index contributed by atoms with van der Waals surface area (Å²) in [5.41, 5.74) is 4.04. The zero-order chi connectivity index (χ0) is 22.3. The Morgan fingerprint density at radius 1 is 1.33 bits per heavy atom. The maximum atomic E-state index is 12.3. The van der Waals surface area contributed by atoms with Crippen molar-refractivity contribution in [2.45, 2.75) is 52.9 Å². The summed E-state index contributed by atoms with van der Waals surface area (Å²) in [6.45, 7) is 7.65. The molecule has 2 rings (SSSR count). The fraction of sp³-hybridized carbons (Fsp3) is 0.550. The summed E-state index contributed by atoms with van der Waals surface area (Å²) in [6.07, 6.45) is -2.20. The normalized spacial score (nSPS) is 13.3. The smallest absolute Gasteiger partial charge is 0.422 e. The Balaban J connectivity index is 2.01. The molecule has 2 aromatic heterocycles. The zero-order valence-electron chi connectivity index (χ0n) is 18.0. The SMILES string of the molecule is CCNC(=NCc1ccnc(OCC(F)(F)F)c1)NC(C)Cc1c(C)nn(C)c1C. The first-order valence-corrected chi connectivity index (χ1v) is 9.77. The van der Waals surface area contributed by atoms with Crippen LogP contribution in [-0.4, -0.2) is 46.1 Å². The molecule has 0 saturated carbocycles. The van der Waals surface area contributed by atoms with E-state index < -0.39 is 12.8 Å². The predicted molar refractivity (Wildman–Crippen MR) is 110 cm³/mol. The van der Waals surface area contributed by atoms with Gasteiger partial charge in [0, 0.05) is 37.6 Å². The third-order valence-corrected chi connectivity index (χ3v) is 4.50. The van der Waals surface area contributed by atoms with E-state index in [1.165, 1.54) is 17.8 Å². The Morgan fingerprint density at radius 2 is 2.07 bits per heavy atom. The highest BCUT2D eigenvalue weighted by Crippen LogP contribution is 2.18. The Bertz CT molecular complexity index is 863. The summed E-state index contributed by atoms with van der Waals surface area (Å²) in [4.78, 5) is 8.34. The molecule has 0 spiro atoms. The Kier molecular flexibility index (Phi) is 8.08. The number of aromatic nitrogens is 3. The lowest BCUT2D eigenvalue weighted by atomic mass is 10.1. The second-order valence-corrected chi connectivity index (χ2v) is 7.12. The van der Waals surface area contributed by atoms with E-state index in [-0.39, 0.29) is 18.5 Å². The molecule has 0 amide bonds. The van der Waals surface area contributed by atoms with Crippen molar-refractivity contribution in [3.8, 4) is 5.88 Å². The lowest BCUT2D eigenvalue weighted by molar-refractivity contribution is -0.154. The van der Waals surface area contributed by atoms with Gasteiger partial charge in [0.15, 0.2) is 12.6 Å². The summed E-state index contributed by atoms with van der Waals surface area (Å²) in [7, 11) is 1.93. The highest BCUT2D eigenvalue weighted by Gasteiger charge is 2.28. The average molecular weight is 426 g/mol. The largest absolute Gasteiger partial charge is 0.468 e. The van der Waals surface area contributed by atoms with Gasteiger partial charge in [0.25, 0.3) is 0 Å². The minimum atomic E-state index is -4.40. The number of rotatable bonds is 8. The Labute approximate surface area is 174 Å². The summed E-state index contributed by atoms with van der Waals surface area (Å²) in [5, 5.41) is 11.0. The first-order chi connectivity index (χ1) is 14.1. The maximum Gasteiger partial charge on any atom is 0.422 e. The number of hydrogen-bond acceptors (Lipinski definition) is 4. The van der Waals surface area contributed by atoms with Crippen molar-refractivity contribution in [3.63, 3.8) is 0 Å². The molecule has 0 bridgehead atoms. The van der Waals surface area contributed by atoms with Crippen molar-refractivity contribution in [1.82, 2.24) is 25.4 Å². The van der Waals surface area contributed by atoms with E-state index in [1.54, 1.807) is 6.07 Å². The summed E-state index contributed by atoms with van der Waals surface area (Å²) >= 11 is 0. The van der Waals surface area contributed by atoms with Crippen LogP contribution in [0.2, 0.25) is 0 Å². The van der Waals surface area contributed by atoms with Crippen LogP contribution < -0.4 is 15.4 Å². The van der Waals surface area contributed by atoms with Crippen molar-refractivity contribution in [1.29, 1.82) is 0 Å². The highest BCUT2D eigenvalue weighted by molar-refractivity contribution is 5.80. The minimum Gasteiger partial charge on any atom is -0.468 e. The molecule has 0 fully saturated rings. The molecule has 0 aromatic carbocycles. The van der Waals surface area contributed by atoms with Crippen molar-refractivity contribution < 1.29 is 17.9 Å². The molecule has 7 nitrogen and oxygen atoms in total. The first-order valence-electron chi connectivity index (χ1n) is 9.77. The summed E-state index contributed by atoms with van der Waals surface area (Å²) in [5.74, 6) is 0.549. The van der Waals surface area contributed by atoms with Crippen molar-refractivity contribution >= 4 is 5.96 Å². The standard InChI is InChI=1S/C20H29F3N6O/c1-6-24-19(27-13(2)9-17-14(3)28-29(5)15(17)4)26-11-16-7-8-25-18(10-16)30-12-20(21,22)23/h7-8,10,13H,6,9,11-12H2,1-5H3,(H2,24,26,27). The lowest BCUT2D eigenvalue weighted by Crippen LogP contribution is -2.43. The number of guanidine groups is 1. The van der Waals surface area contributed by atoms with Crippen LogP contribution in [0.4, 0.5) is 13.2 Å². The van der Waals surface area contributed by atoms with Crippen molar-refractivity contribution in [2.75, 3.05) is 13.2 Å². The van der Waals surface area contributed by atoms with Crippen molar-refractivity contribution in [3.05, 3.63) is 40.8 Å². The molecule has 2 aromatic rings. The fourth-order valence-corrected chi connectivity index (χ4v) is 2.98. The third-order valence-electron chi connectivity index (χ3n) is 4.50. The highest BCUT2D eigenvalue weighted by atomic mass is 19.4. The molecule has 0 radical (unpaired) electrons. The summed E-state index contributed by atoms with van der Waals surface area (Å²) < 4.78 is 43.5. The van der Waals surface area contributed by atoms with Gasteiger partial charge in [-0.15, -0.1) is 0 Å². The number of aliphatic imine (C=N–C) groups is 1. The molecular weight excluding hydrogens is 397 g/mol. The van der Waals surface area contributed by atoms with E-state index in [1.807, 2.05) is 32.5 Å². The van der Waals surface area contributed by atoms with Gasteiger partial charge in [0.05, 0.1) is 12.2 Å². The van der Waals surface area contributed by atoms with E-state index in [2.05, 4.69) is 32.6 Å². The molecule has 2 heterocycles. The Hall–Kier alpha value is -2.78. The number of nitrogens with zero attached hydrogens (tertiary/aromatic N) is 4. The maximum absolute atomic E-state index is 12.3. The van der Waals surface area contributed by atoms with Gasteiger partial charge in [-0.1, -0.05) is 0 Å². The molecule has 1 unspecified atom stereocenters. The van der Waals surface area contributed by atoms with Gasteiger partial charge >= 0.3 is 6.18 Å². The molecule has 1 atom stereocenters. The van der Waals surface area contributed by atoms with E-state index in [4.69, 9.17) is 4.74 Å². The monoisotopic (exact) mass is 426 g/mol. The third kappa shape index (κ3) is 7.23. The van der Waals surface area contributed by atoms with Gasteiger partial charge in [-0.3, -0.25) is 4.68 Å². The number of halogens is 3. The van der Waals surface area contributed by atoms with Gasteiger partial charge in [0.2, 0.25) is 5.88 Å². The quantitative estimate of drug-likeness (QED) is 0.501. The van der Waals surface area contributed by atoms with E-state index >= 15 is 0 Å². The van der Waals surface area contributed by atoms with Crippen molar-refractivity contribution in [2.24, 2.45) is 12.0 Å². The molecular formula is C20H29F3N6O. The van der Waals surface area contributed by atoms with Gasteiger partial charge in [0.1, 0.15) is 0 Å². The number of nitrogens with one attached hydrogen (secondary N) is 2. The number of alkyl halides is 3.